The molecule has 0 aliphatic heterocycles. The number of nitrogens with one attached hydrogen (secondary N) is 2. The van der Waals surface area contributed by atoms with E-state index in [-0.39, 0.29) is 23.7 Å². The summed E-state index contributed by atoms with van der Waals surface area (Å²) in [5.74, 6) is 0.793. The van der Waals surface area contributed by atoms with Crippen LogP contribution in [0.1, 0.15) is 91.9 Å². The van der Waals surface area contributed by atoms with Gasteiger partial charge in [-0.15, -0.1) is 0 Å². The van der Waals surface area contributed by atoms with E-state index in [1.165, 1.54) is 25.7 Å². The van der Waals surface area contributed by atoms with Crippen LogP contribution in [0.4, 0.5) is 0 Å². The third kappa shape index (κ3) is 10.7. The first-order valence-corrected chi connectivity index (χ1v) is 10.2. The molecule has 0 rings (SSSR count). The molecule has 2 N–H and O–H groups in total. The van der Waals surface area contributed by atoms with E-state index in [0.29, 0.717) is 0 Å². The van der Waals surface area contributed by atoms with Crippen LogP contribution in [0.2, 0.25) is 0 Å². The molecule has 0 saturated heterocycles. The standard InChI is InChI=1S/C20H40N2O2/c1-5-17(6-2)19(23)21-15-13-11-9-10-12-14-16-22-20(24)18(7-3)8-4/h17-18H,5-16H2,1-4H3,(H,21,23)(H,22,24). The second-order valence-electron chi connectivity index (χ2n) is 6.73. The predicted octanol–water partition coefficient (Wildman–Crippen LogP) is 4.43. The second-order valence-corrected chi connectivity index (χ2v) is 6.73. The van der Waals surface area contributed by atoms with Crippen molar-refractivity contribution in [1.82, 2.24) is 10.6 Å². The summed E-state index contributed by atoms with van der Waals surface area (Å²) in [5, 5.41) is 6.09. The Bertz CT molecular complexity index is 292. The molecular weight excluding hydrogens is 300 g/mol. The Labute approximate surface area is 149 Å². The van der Waals surface area contributed by atoms with Gasteiger partial charge in [-0.3, -0.25) is 9.59 Å². The molecule has 0 unspecified atom stereocenters. The van der Waals surface area contributed by atoms with Crippen LogP contribution < -0.4 is 10.6 Å². The molecular formula is C20H40N2O2. The van der Waals surface area contributed by atoms with Crippen LogP contribution in [0, 0.1) is 11.8 Å². The first kappa shape index (κ1) is 22.9. The third-order valence-electron chi connectivity index (χ3n) is 4.91. The lowest BCUT2D eigenvalue weighted by atomic mass is 10.0. The number of carbonyl (C=O) groups is 2. The van der Waals surface area contributed by atoms with E-state index in [2.05, 4.69) is 38.3 Å². The summed E-state index contributed by atoms with van der Waals surface area (Å²) < 4.78 is 0. The molecule has 0 radical (unpaired) electrons. The van der Waals surface area contributed by atoms with Crippen molar-refractivity contribution in [3.8, 4) is 0 Å². The van der Waals surface area contributed by atoms with Crippen molar-refractivity contribution in [3.05, 3.63) is 0 Å². The Balaban J connectivity index is 3.43. The highest BCUT2D eigenvalue weighted by molar-refractivity contribution is 5.78. The van der Waals surface area contributed by atoms with Crippen LogP contribution in [0.3, 0.4) is 0 Å². The largest absolute Gasteiger partial charge is 0.356 e. The molecule has 4 nitrogen and oxygen atoms in total. The summed E-state index contributed by atoms with van der Waals surface area (Å²) in [5.41, 5.74) is 0. The first-order valence-electron chi connectivity index (χ1n) is 10.2. The highest BCUT2D eigenvalue weighted by Gasteiger charge is 2.13. The smallest absolute Gasteiger partial charge is 0.223 e. The molecule has 142 valence electrons. The fraction of sp³-hybridized carbons (Fsp3) is 0.900. The van der Waals surface area contributed by atoms with E-state index in [0.717, 1.165) is 51.6 Å². The van der Waals surface area contributed by atoms with Gasteiger partial charge < -0.3 is 10.6 Å². The molecule has 0 heterocycles. The first-order chi connectivity index (χ1) is 11.6. The van der Waals surface area contributed by atoms with E-state index >= 15 is 0 Å². The maximum absolute atomic E-state index is 11.8. The van der Waals surface area contributed by atoms with E-state index < -0.39 is 0 Å². The van der Waals surface area contributed by atoms with Crippen molar-refractivity contribution in [2.45, 2.75) is 91.9 Å². The van der Waals surface area contributed by atoms with Crippen molar-refractivity contribution in [3.63, 3.8) is 0 Å². The molecule has 0 fully saturated rings. The summed E-state index contributed by atoms with van der Waals surface area (Å²) in [4.78, 5) is 23.6. The molecule has 0 aliphatic carbocycles. The van der Waals surface area contributed by atoms with Gasteiger partial charge in [-0.2, -0.15) is 0 Å². The third-order valence-corrected chi connectivity index (χ3v) is 4.91. The molecule has 24 heavy (non-hydrogen) atoms. The van der Waals surface area contributed by atoms with Gasteiger partial charge >= 0.3 is 0 Å². The van der Waals surface area contributed by atoms with E-state index in [1.807, 2.05) is 0 Å². The topological polar surface area (TPSA) is 58.2 Å². The number of hydrogen-bond acceptors (Lipinski definition) is 2. The second kappa shape index (κ2) is 15.5. The predicted molar refractivity (Wildman–Crippen MR) is 102 cm³/mol. The fourth-order valence-electron chi connectivity index (χ4n) is 2.99. The van der Waals surface area contributed by atoms with Crippen LogP contribution in [0.5, 0.6) is 0 Å². The minimum absolute atomic E-state index is 0.181. The van der Waals surface area contributed by atoms with Crippen molar-refractivity contribution in [2.24, 2.45) is 11.8 Å². The van der Waals surface area contributed by atoms with Crippen LogP contribution in [-0.4, -0.2) is 24.9 Å². The van der Waals surface area contributed by atoms with Gasteiger partial charge in [-0.1, -0.05) is 53.4 Å². The Hall–Kier alpha value is -1.06. The molecule has 2 amide bonds. The van der Waals surface area contributed by atoms with E-state index in [4.69, 9.17) is 0 Å². The summed E-state index contributed by atoms with van der Waals surface area (Å²) in [6.07, 6.45) is 10.6. The molecule has 0 aliphatic rings. The van der Waals surface area contributed by atoms with Gasteiger partial charge in [-0.05, 0) is 38.5 Å². The van der Waals surface area contributed by atoms with Gasteiger partial charge in [0.2, 0.25) is 11.8 Å². The normalized spacial score (nSPS) is 11.1. The zero-order chi connectivity index (χ0) is 18.2. The average Bonchev–Trinajstić information content (AvgIpc) is 2.58. The Morgan fingerprint density at radius 3 is 1.17 bits per heavy atom. The van der Waals surface area contributed by atoms with Crippen molar-refractivity contribution >= 4 is 11.8 Å². The lowest BCUT2D eigenvalue weighted by molar-refractivity contribution is -0.126. The van der Waals surface area contributed by atoms with Gasteiger partial charge in [0.25, 0.3) is 0 Å². The quantitative estimate of drug-likeness (QED) is 0.433. The van der Waals surface area contributed by atoms with E-state index in [1.54, 1.807) is 0 Å². The molecule has 0 bridgehead atoms. The molecule has 0 saturated carbocycles. The molecule has 0 aromatic heterocycles. The van der Waals surface area contributed by atoms with E-state index in [9.17, 15) is 9.59 Å². The lowest BCUT2D eigenvalue weighted by Crippen LogP contribution is -2.30. The van der Waals surface area contributed by atoms with Crippen molar-refractivity contribution in [2.75, 3.05) is 13.1 Å². The molecule has 4 heteroatoms. The van der Waals surface area contributed by atoms with Crippen LogP contribution in [-0.2, 0) is 9.59 Å². The van der Waals surface area contributed by atoms with Crippen LogP contribution >= 0.6 is 0 Å². The fourth-order valence-corrected chi connectivity index (χ4v) is 2.99. The average molecular weight is 341 g/mol. The van der Waals surface area contributed by atoms with Gasteiger partial charge in [-0.25, -0.2) is 0 Å². The number of unbranched alkanes of at least 4 members (excludes halogenated alkanes) is 5. The Morgan fingerprint density at radius 1 is 0.583 bits per heavy atom. The minimum atomic E-state index is 0.181. The summed E-state index contributed by atoms with van der Waals surface area (Å²) >= 11 is 0. The lowest BCUT2D eigenvalue weighted by Gasteiger charge is -2.13. The van der Waals surface area contributed by atoms with Gasteiger partial charge in [0.15, 0.2) is 0 Å². The number of amides is 2. The summed E-state index contributed by atoms with van der Waals surface area (Å²) in [7, 11) is 0. The highest BCUT2D eigenvalue weighted by Crippen LogP contribution is 2.09. The van der Waals surface area contributed by atoms with Crippen molar-refractivity contribution < 1.29 is 9.59 Å². The van der Waals surface area contributed by atoms with Crippen molar-refractivity contribution in [1.29, 1.82) is 0 Å². The molecule has 0 atom stereocenters. The SMILES string of the molecule is CCC(CC)C(=O)NCCCCCCCCNC(=O)C(CC)CC. The zero-order valence-electron chi connectivity index (χ0n) is 16.5. The molecule has 0 aromatic carbocycles. The Morgan fingerprint density at radius 2 is 0.875 bits per heavy atom. The highest BCUT2D eigenvalue weighted by atomic mass is 16.2. The van der Waals surface area contributed by atoms with Gasteiger partial charge in [0.05, 0.1) is 0 Å². The minimum Gasteiger partial charge on any atom is -0.356 e. The number of rotatable bonds is 15. The molecule has 0 aromatic rings. The summed E-state index contributed by atoms with van der Waals surface area (Å²) in [6, 6.07) is 0. The number of carbonyl (C=O) groups excluding carboxylic acids is 2. The van der Waals surface area contributed by atoms with Gasteiger partial charge in [0.1, 0.15) is 0 Å². The van der Waals surface area contributed by atoms with Crippen LogP contribution in [0.15, 0.2) is 0 Å². The number of hydrogen-bond donors (Lipinski definition) is 2. The maximum Gasteiger partial charge on any atom is 0.223 e. The zero-order valence-corrected chi connectivity index (χ0v) is 16.5. The maximum atomic E-state index is 11.8. The Kier molecular flexibility index (Phi) is 14.8. The molecule has 0 spiro atoms. The summed E-state index contributed by atoms with van der Waals surface area (Å²) in [6.45, 7) is 9.89. The monoisotopic (exact) mass is 340 g/mol. The van der Waals surface area contributed by atoms with Crippen LogP contribution in [0.25, 0.3) is 0 Å². The van der Waals surface area contributed by atoms with Gasteiger partial charge in [0, 0.05) is 24.9 Å².